The van der Waals surface area contributed by atoms with Gasteiger partial charge in [-0.25, -0.2) is 0 Å². The van der Waals surface area contributed by atoms with Crippen LogP contribution in [0.15, 0.2) is 27.6 Å². The normalized spacial score (nSPS) is 8.82. The number of hydrogen-bond acceptors (Lipinski definition) is 3. The average molecular weight is 308 g/mol. The molecule has 0 bridgehead atoms. The second-order valence-corrected chi connectivity index (χ2v) is 4.57. The molecule has 0 saturated carbocycles. The van der Waals surface area contributed by atoms with Crippen molar-refractivity contribution in [2.24, 2.45) is 0 Å². The van der Waals surface area contributed by atoms with Crippen LogP contribution in [0.2, 0.25) is 0 Å². The van der Waals surface area contributed by atoms with Gasteiger partial charge in [0.1, 0.15) is 5.76 Å². The van der Waals surface area contributed by atoms with Gasteiger partial charge >= 0.3 is 0 Å². The molecule has 4 heteroatoms. The quantitative estimate of drug-likeness (QED) is 0.792. The molecule has 2 aromatic rings. The van der Waals surface area contributed by atoms with Crippen molar-refractivity contribution in [3.05, 3.63) is 51.3 Å². The molecule has 0 atom stereocenters. The number of H-pyrrole nitrogens is 1. The van der Waals surface area contributed by atoms with Crippen LogP contribution in [-0.2, 0) is 0 Å². The maximum Gasteiger partial charge on any atom is 0.250 e. The number of nitrogens with one attached hydrogen (secondary N) is 1. The summed E-state index contributed by atoms with van der Waals surface area (Å²) in [4.78, 5) is 13.1. The Balaban J connectivity index is 0. The molecule has 22 heavy (non-hydrogen) atoms. The van der Waals surface area contributed by atoms with E-state index >= 15 is 0 Å². The van der Waals surface area contributed by atoms with Crippen LogP contribution in [0.5, 0.6) is 0 Å². The SMILES string of the molecule is CC.CC.Cc1ccc[nH]c1=O.Cc1noc(C)c1C(C)C. The van der Waals surface area contributed by atoms with Crippen LogP contribution < -0.4 is 5.56 Å². The molecule has 1 N–H and O–H groups in total. The first kappa shape index (κ1) is 22.4. The Morgan fingerprint density at radius 2 is 1.64 bits per heavy atom. The van der Waals surface area contributed by atoms with Gasteiger partial charge in [0.05, 0.1) is 5.69 Å². The van der Waals surface area contributed by atoms with Crippen LogP contribution in [0.1, 0.15) is 70.0 Å². The number of aryl methyl sites for hydroxylation is 3. The Morgan fingerprint density at radius 1 is 1.09 bits per heavy atom. The number of hydrogen-bond donors (Lipinski definition) is 1. The Bertz CT molecular complexity index is 535. The number of rotatable bonds is 1. The molecule has 0 spiro atoms. The molecule has 0 aliphatic heterocycles. The fraction of sp³-hybridized carbons (Fsp3) is 0.556. The van der Waals surface area contributed by atoms with Gasteiger partial charge in [0.25, 0.3) is 5.56 Å². The van der Waals surface area contributed by atoms with Crippen molar-refractivity contribution in [2.75, 3.05) is 0 Å². The lowest BCUT2D eigenvalue weighted by molar-refractivity contribution is 0.392. The predicted octanol–water partition coefficient (Wildman–Crippen LogP) is 5.15. The smallest absolute Gasteiger partial charge is 0.250 e. The third kappa shape index (κ3) is 7.81. The van der Waals surface area contributed by atoms with E-state index in [2.05, 4.69) is 24.0 Å². The summed E-state index contributed by atoms with van der Waals surface area (Å²) in [6.07, 6.45) is 1.62. The van der Waals surface area contributed by atoms with Crippen LogP contribution in [-0.4, -0.2) is 10.1 Å². The first-order valence-electron chi connectivity index (χ1n) is 8.00. The van der Waals surface area contributed by atoms with Gasteiger partial charge in [-0.1, -0.05) is 52.8 Å². The highest BCUT2D eigenvalue weighted by Gasteiger charge is 2.11. The van der Waals surface area contributed by atoms with E-state index in [4.69, 9.17) is 4.52 Å². The summed E-state index contributed by atoms with van der Waals surface area (Å²) < 4.78 is 5.01. The van der Waals surface area contributed by atoms with E-state index in [-0.39, 0.29) is 5.56 Å². The third-order valence-electron chi connectivity index (χ3n) is 2.68. The maximum absolute atomic E-state index is 10.6. The third-order valence-corrected chi connectivity index (χ3v) is 2.68. The van der Waals surface area contributed by atoms with Crippen molar-refractivity contribution in [2.45, 2.75) is 68.2 Å². The molecule has 2 aromatic heterocycles. The Hall–Kier alpha value is -1.84. The zero-order valence-corrected chi connectivity index (χ0v) is 15.6. The molecule has 0 aromatic carbocycles. The summed E-state index contributed by atoms with van der Waals surface area (Å²) in [5.74, 6) is 1.47. The van der Waals surface area contributed by atoms with E-state index in [0.717, 1.165) is 17.0 Å². The lowest BCUT2D eigenvalue weighted by atomic mass is 10.0. The topological polar surface area (TPSA) is 58.9 Å². The predicted molar refractivity (Wildman–Crippen MR) is 94.6 cm³/mol. The van der Waals surface area contributed by atoms with E-state index < -0.39 is 0 Å². The summed E-state index contributed by atoms with van der Waals surface area (Å²) in [5.41, 5.74) is 3.02. The van der Waals surface area contributed by atoms with E-state index in [1.54, 1.807) is 25.3 Å². The van der Waals surface area contributed by atoms with Gasteiger partial charge in [0, 0.05) is 17.3 Å². The standard InChI is InChI=1S/C8H13NO.C6H7NO.2C2H6/c1-5(2)8-6(3)9-10-7(8)4;1-5-3-2-4-7-6(5)8;2*1-2/h5H,1-4H3;2-4H,1H3,(H,7,8);2*1-2H3. The van der Waals surface area contributed by atoms with Crippen LogP contribution in [0.25, 0.3) is 0 Å². The van der Waals surface area contributed by atoms with Crippen LogP contribution in [0.4, 0.5) is 0 Å². The molecule has 0 unspecified atom stereocenters. The van der Waals surface area contributed by atoms with Crippen molar-refractivity contribution in [3.63, 3.8) is 0 Å². The number of aromatic amines is 1. The molecule has 0 aliphatic rings. The Kier molecular flexibility index (Phi) is 13.1. The van der Waals surface area contributed by atoms with Crippen molar-refractivity contribution in [1.82, 2.24) is 10.1 Å². The summed E-state index contributed by atoms with van der Waals surface area (Å²) >= 11 is 0. The van der Waals surface area contributed by atoms with Crippen LogP contribution in [0.3, 0.4) is 0 Å². The molecular formula is C18H32N2O2. The van der Waals surface area contributed by atoms with E-state index in [9.17, 15) is 4.79 Å². The molecule has 2 heterocycles. The highest BCUT2D eigenvalue weighted by Crippen LogP contribution is 2.21. The molecule has 2 rings (SSSR count). The van der Waals surface area contributed by atoms with Crippen LogP contribution in [0, 0.1) is 20.8 Å². The van der Waals surface area contributed by atoms with Gasteiger partial charge in [-0.15, -0.1) is 0 Å². The van der Waals surface area contributed by atoms with Crippen LogP contribution >= 0.6 is 0 Å². The molecular weight excluding hydrogens is 276 g/mol. The van der Waals surface area contributed by atoms with Crippen molar-refractivity contribution >= 4 is 0 Å². The van der Waals surface area contributed by atoms with Gasteiger partial charge in [-0.05, 0) is 32.8 Å². The largest absolute Gasteiger partial charge is 0.361 e. The number of nitrogens with zero attached hydrogens (tertiary/aromatic N) is 1. The second kappa shape index (κ2) is 12.9. The van der Waals surface area contributed by atoms with E-state index in [0.29, 0.717) is 5.92 Å². The highest BCUT2D eigenvalue weighted by molar-refractivity contribution is 5.23. The zero-order chi connectivity index (χ0) is 17.7. The zero-order valence-electron chi connectivity index (χ0n) is 15.6. The molecule has 126 valence electrons. The first-order chi connectivity index (χ1) is 10.4. The molecule has 0 radical (unpaired) electrons. The summed E-state index contributed by atoms with van der Waals surface area (Å²) in [6.45, 7) is 18.0. The van der Waals surface area contributed by atoms with Gasteiger partial charge < -0.3 is 9.51 Å². The van der Waals surface area contributed by atoms with E-state index in [1.807, 2.05) is 41.5 Å². The molecule has 0 fully saturated rings. The summed E-state index contributed by atoms with van der Waals surface area (Å²) in [5, 5.41) is 3.86. The van der Waals surface area contributed by atoms with Gasteiger partial charge in [-0.2, -0.15) is 0 Å². The van der Waals surface area contributed by atoms with Crippen molar-refractivity contribution in [3.8, 4) is 0 Å². The Morgan fingerprint density at radius 3 is 1.86 bits per heavy atom. The minimum atomic E-state index is -0.00694. The Labute approximate surface area is 135 Å². The first-order valence-corrected chi connectivity index (χ1v) is 8.00. The summed E-state index contributed by atoms with van der Waals surface area (Å²) in [6, 6.07) is 3.58. The maximum atomic E-state index is 10.6. The lowest BCUT2D eigenvalue weighted by Crippen LogP contribution is -2.06. The fourth-order valence-corrected chi connectivity index (χ4v) is 1.82. The molecule has 4 nitrogen and oxygen atoms in total. The van der Waals surface area contributed by atoms with Gasteiger partial charge in [0.15, 0.2) is 0 Å². The molecule has 0 saturated heterocycles. The minimum Gasteiger partial charge on any atom is -0.361 e. The van der Waals surface area contributed by atoms with Gasteiger partial charge in [-0.3, -0.25) is 4.79 Å². The van der Waals surface area contributed by atoms with E-state index in [1.165, 1.54) is 5.56 Å². The highest BCUT2D eigenvalue weighted by atomic mass is 16.5. The summed E-state index contributed by atoms with van der Waals surface area (Å²) in [7, 11) is 0. The van der Waals surface area contributed by atoms with Crippen molar-refractivity contribution < 1.29 is 4.52 Å². The molecule has 0 amide bonds. The number of pyridine rings is 1. The number of aromatic nitrogens is 2. The fourth-order valence-electron chi connectivity index (χ4n) is 1.82. The van der Waals surface area contributed by atoms with Gasteiger partial charge in [0.2, 0.25) is 0 Å². The average Bonchev–Trinajstić information content (AvgIpc) is 2.86. The molecule has 0 aliphatic carbocycles. The van der Waals surface area contributed by atoms with Crippen molar-refractivity contribution in [1.29, 1.82) is 0 Å². The second-order valence-electron chi connectivity index (χ2n) is 4.57. The minimum absolute atomic E-state index is 0.00694. The monoisotopic (exact) mass is 308 g/mol. The lowest BCUT2D eigenvalue weighted by Gasteiger charge is -2.00.